The highest BCUT2D eigenvalue weighted by molar-refractivity contribution is 9.10. The van der Waals surface area contributed by atoms with Gasteiger partial charge in [0.25, 0.3) is 0 Å². The lowest BCUT2D eigenvalue weighted by molar-refractivity contribution is -0.126. The third kappa shape index (κ3) is 3.18. The van der Waals surface area contributed by atoms with Crippen LogP contribution in [0.4, 0.5) is 0 Å². The minimum absolute atomic E-state index is 0.00884. The van der Waals surface area contributed by atoms with Gasteiger partial charge in [-0.05, 0) is 44.4 Å². The maximum Gasteiger partial charge on any atom is 0.230 e. The molecule has 3 nitrogen and oxygen atoms in total. The Morgan fingerprint density at radius 1 is 1.37 bits per heavy atom. The Labute approximate surface area is 122 Å². The summed E-state index contributed by atoms with van der Waals surface area (Å²) in [5, 5.41) is 12.2. The van der Waals surface area contributed by atoms with Crippen molar-refractivity contribution in [1.29, 1.82) is 0 Å². The highest BCUT2D eigenvalue weighted by atomic mass is 79.9. The Kier molecular flexibility index (Phi) is 4.02. The number of carbonyl (C=O) groups excluding carboxylic acids is 1. The van der Waals surface area contributed by atoms with Crippen LogP contribution in [-0.2, 0) is 10.2 Å². The molecule has 0 saturated heterocycles. The molecular weight excluding hydrogens is 306 g/mol. The van der Waals surface area contributed by atoms with E-state index in [1.807, 2.05) is 38.1 Å². The molecule has 0 aromatic heterocycles. The highest BCUT2D eigenvalue weighted by Gasteiger charge is 2.43. The van der Waals surface area contributed by atoms with E-state index in [1.165, 1.54) is 0 Å². The summed E-state index contributed by atoms with van der Waals surface area (Å²) in [6, 6.07) is 7.81. The number of nitrogens with one attached hydrogen (secondary N) is 1. The molecule has 1 saturated carbocycles. The maximum atomic E-state index is 12.3. The molecule has 104 valence electrons. The van der Waals surface area contributed by atoms with E-state index >= 15 is 0 Å². The molecule has 0 aliphatic heterocycles. The van der Waals surface area contributed by atoms with Gasteiger partial charge in [0.05, 0.1) is 12.0 Å². The largest absolute Gasteiger partial charge is 0.396 e. The van der Waals surface area contributed by atoms with Gasteiger partial charge in [0.1, 0.15) is 0 Å². The maximum absolute atomic E-state index is 12.3. The minimum Gasteiger partial charge on any atom is -0.396 e. The molecule has 0 bridgehead atoms. The third-order valence-corrected chi connectivity index (χ3v) is 4.58. The van der Waals surface area contributed by atoms with Gasteiger partial charge in [0.2, 0.25) is 5.91 Å². The van der Waals surface area contributed by atoms with Gasteiger partial charge in [-0.1, -0.05) is 28.1 Å². The molecule has 0 atom stereocenters. The van der Waals surface area contributed by atoms with E-state index in [0.717, 1.165) is 22.9 Å². The van der Waals surface area contributed by atoms with E-state index in [4.69, 9.17) is 0 Å². The molecular formula is C15H20BrNO2. The molecule has 2 rings (SSSR count). The molecule has 1 aliphatic rings. The molecule has 19 heavy (non-hydrogen) atoms. The van der Waals surface area contributed by atoms with Crippen molar-refractivity contribution >= 4 is 21.8 Å². The van der Waals surface area contributed by atoms with E-state index in [9.17, 15) is 9.90 Å². The Balaban J connectivity index is 2.02. The number of benzene rings is 1. The number of aliphatic hydroxyl groups is 1. The van der Waals surface area contributed by atoms with Crippen LogP contribution in [0.1, 0.15) is 32.3 Å². The summed E-state index contributed by atoms with van der Waals surface area (Å²) < 4.78 is 1.00. The van der Waals surface area contributed by atoms with Crippen LogP contribution in [0.5, 0.6) is 0 Å². The lowest BCUT2D eigenvalue weighted by atomic mass is 9.83. The van der Waals surface area contributed by atoms with Crippen LogP contribution >= 0.6 is 15.9 Å². The summed E-state index contributed by atoms with van der Waals surface area (Å²) in [6.45, 7) is 4.57. The first-order chi connectivity index (χ1) is 8.89. The van der Waals surface area contributed by atoms with Crippen LogP contribution in [0, 0.1) is 5.41 Å². The van der Waals surface area contributed by atoms with Crippen molar-refractivity contribution in [3.8, 4) is 0 Å². The number of amides is 1. The number of aliphatic hydroxyl groups excluding tert-OH is 1. The molecule has 1 aromatic carbocycles. The summed E-state index contributed by atoms with van der Waals surface area (Å²) in [6.07, 6.45) is 2.00. The van der Waals surface area contributed by atoms with Gasteiger partial charge in [0, 0.05) is 16.4 Å². The van der Waals surface area contributed by atoms with E-state index in [1.54, 1.807) is 0 Å². The lowest BCUT2D eigenvalue weighted by Crippen LogP contribution is -2.43. The smallest absolute Gasteiger partial charge is 0.230 e. The van der Waals surface area contributed by atoms with Crippen LogP contribution in [0.25, 0.3) is 0 Å². The zero-order valence-electron chi connectivity index (χ0n) is 11.4. The molecule has 2 N–H and O–H groups in total. The fourth-order valence-corrected chi connectivity index (χ4v) is 2.32. The summed E-state index contributed by atoms with van der Waals surface area (Å²) in [4.78, 5) is 12.3. The quantitative estimate of drug-likeness (QED) is 0.874. The van der Waals surface area contributed by atoms with Gasteiger partial charge < -0.3 is 10.4 Å². The van der Waals surface area contributed by atoms with Crippen LogP contribution in [0.2, 0.25) is 0 Å². The van der Waals surface area contributed by atoms with Crippen LogP contribution in [-0.4, -0.2) is 24.2 Å². The fraction of sp³-hybridized carbons (Fsp3) is 0.533. The van der Waals surface area contributed by atoms with E-state index in [2.05, 4.69) is 21.2 Å². The Morgan fingerprint density at radius 3 is 2.42 bits per heavy atom. The van der Waals surface area contributed by atoms with Crippen molar-refractivity contribution < 1.29 is 9.90 Å². The van der Waals surface area contributed by atoms with Crippen LogP contribution in [0.3, 0.4) is 0 Å². The summed E-state index contributed by atoms with van der Waals surface area (Å²) >= 11 is 3.40. The van der Waals surface area contributed by atoms with Gasteiger partial charge >= 0.3 is 0 Å². The van der Waals surface area contributed by atoms with Crippen molar-refractivity contribution in [1.82, 2.24) is 5.32 Å². The van der Waals surface area contributed by atoms with Crippen LogP contribution in [0.15, 0.2) is 28.7 Å². The van der Waals surface area contributed by atoms with E-state index in [0.29, 0.717) is 6.54 Å². The summed E-state index contributed by atoms with van der Waals surface area (Å²) in [7, 11) is 0. The predicted molar refractivity (Wildman–Crippen MR) is 78.9 cm³/mol. The Hall–Kier alpha value is -0.870. The van der Waals surface area contributed by atoms with Crippen molar-refractivity contribution in [3.05, 3.63) is 34.3 Å². The second-order valence-corrected chi connectivity index (χ2v) is 6.89. The summed E-state index contributed by atoms with van der Waals surface area (Å²) in [5.74, 6) is 0.00884. The molecule has 0 unspecified atom stereocenters. The Morgan fingerprint density at radius 2 is 1.95 bits per heavy atom. The number of rotatable bonds is 5. The average molecular weight is 326 g/mol. The zero-order chi connectivity index (χ0) is 14.1. The standard InChI is InChI=1S/C15H20BrNO2/c1-14(2,11-3-5-12(16)6-4-11)13(19)17-9-15(10-18)7-8-15/h3-6,18H,7-10H2,1-2H3,(H,17,19). The number of carbonyl (C=O) groups is 1. The van der Waals surface area contributed by atoms with Crippen molar-refractivity contribution in [3.63, 3.8) is 0 Å². The second kappa shape index (κ2) is 5.25. The molecule has 0 heterocycles. The SMILES string of the molecule is CC(C)(C(=O)NCC1(CO)CC1)c1ccc(Br)cc1. The van der Waals surface area contributed by atoms with Gasteiger partial charge in [-0.2, -0.15) is 0 Å². The monoisotopic (exact) mass is 325 g/mol. The second-order valence-electron chi connectivity index (χ2n) is 5.97. The molecule has 0 spiro atoms. The molecule has 0 radical (unpaired) electrons. The van der Waals surface area contributed by atoms with Gasteiger partial charge in [-0.15, -0.1) is 0 Å². The average Bonchev–Trinajstić information content (AvgIpc) is 3.17. The molecule has 1 amide bonds. The van der Waals surface area contributed by atoms with E-state index < -0.39 is 5.41 Å². The van der Waals surface area contributed by atoms with Crippen molar-refractivity contribution in [2.45, 2.75) is 32.1 Å². The third-order valence-electron chi connectivity index (χ3n) is 4.05. The Bertz CT molecular complexity index is 464. The molecule has 1 aliphatic carbocycles. The number of halogens is 1. The predicted octanol–water partition coefficient (Wildman–Crippen LogP) is 2.62. The molecule has 1 aromatic rings. The lowest BCUT2D eigenvalue weighted by Gasteiger charge is -2.25. The fourth-order valence-electron chi connectivity index (χ4n) is 2.05. The first-order valence-electron chi connectivity index (χ1n) is 6.55. The first kappa shape index (κ1) is 14.5. The molecule has 4 heteroatoms. The number of hydrogen-bond donors (Lipinski definition) is 2. The molecule has 1 fully saturated rings. The summed E-state index contributed by atoms with van der Waals surface area (Å²) in [5.41, 5.74) is 0.375. The van der Waals surface area contributed by atoms with Crippen LogP contribution < -0.4 is 5.32 Å². The normalized spacial score (nSPS) is 17.1. The minimum atomic E-state index is -0.563. The van der Waals surface area contributed by atoms with Crippen molar-refractivity contribution in [2.75, 3.05) is 13.2 Å². The number of hydrogen-bond acceptors (Lipinski definition) is 2. The first-order valence-corrected chi connectivity index (χ1v) is 7.34. The highest BCUT2D eigenvalue weighted by Crippen LogP contribution is 2.44. The van der Waals surface area contributed by atoms with E-state index in [-0.39, 0.29) is 17.9 Å². The van der Waals surface area contributed by atoms with Gasteiger partial charge in [-0.3, -0.25) is 4.79 Å². The zero-order valence-corrected chi connectivity index (χ0v) is 13.0. The van der Waals surface area contributed by atoms with Gasteiger partial charge in [0.15, 0.2) is 0 Å². The topological polar surface area (TPSA) is 49.3 Å². The van der Waals surface area contributed by atoms with Gasteiger partial charge in [-0.25, -0.2) is 0 Å². The van der Waals surface area contributed by atoms with Crippen molar-refractivity contribution in [2.24, 2.45) is 5.41 Å².